The van der Waals surface area contributed by atoms with Gasteiger partial charge in [0.1, 0.15) is 0 Å². The molecule has 0 amide bonds. The van der Waals surface area contributed by atoms with Crippen LogP contribution in [0, 0.1) is 11.3 Å². The molecule has 0 aromatic carbocycles. The number of nitrogens with one attached hydrogen (secondary N) is 1. The van der Waals surface area contributed by atoms with Crippen LogP contribution in [0.4, 0.5) is 0 Å². The smallest absolute Gasteiger partial charge is 0.0174 e. The van der Waals surface area contributed by atoms with Gasteiger partial charge in [-0.3, -0.25) is 0 Å². The Labute approximate surface area is 105 Å². The molecule has 1 saturated carbocycles. The molecule has 0 aromatic heterocycles. The van der Waals surface area contributed by atoms with Crippen molar-refractivity contribution < 1.29 is 0 Å². The Balaban J connectivity index is 2.11. The lowest BCUT2D eigenvalue weighted by Crippen LogP contribution is -2.56. The molecule has 0 bridgehead atoms. The second kappa shape index (κ2) is 5.36. The molecule has 2 heteroatoms. The van der Waals surface area contributed by atoms with Gasteiger partial charge < -0.3 is 11.1 Å². The van der Waals surface area contributed by atoms with E-state index in [0.717, 1.165) is 6.42 Å². The van der Waals surface area contributed by atoms with Gasteiger partial charge in [-0.25, -0.2) is 0 Å². The second-order valence-corrected chi connectivity index (χ2v) is 5.83. The van der Waals surface area contributed by atoms with Crippen LogP contribution in [0.3, 0.4) is 0 Å². The van der Waals surface area contributed by atoms with Crippen molar-refractivity contribution in [2.75, 3.05) is 7.05 Å². The number of hydrogen-bond acceptors (Lipinski definition) is 2. The fraction of sp³-hybridized carbons (Fsp3) is 0.733. The number of rotatable bonds is 3. The maximum absolute atomic E-state index is 6.60. The summed E-state index contributed by atoms with van der Waals surface area (Å²) in [6, 6.07) is 0.840. The molecule has 2 nitrogen and oxygen atoms in total. The van der Waals surface area contributed by atoms with Gasteiger partial charge in [-0.05, 0) is 37.6 Å². The molecule has 2 rings (SSSR count). The summed E-state index contributed by atoms with van der Waals surface area (Å²) in [7, 11) is 2.08. The SMILES string of the molecule is CNC1CCCC[C@]1(C)C(N)[C@H]1C=CC=CC1. The van der Waals surface area contributed by atoms with Gasteiger partial charge in [0, 0.05) is 12.1 Å². The van der Waals surface area contributed by atoms with Crippen LogP contribution in [-0.2, 0) is 0 Å². The molecule has 1 fully saturated rings. The minimum atomic E-state index is 0.243. The monoisotopic (exact) mass is 234 g/mol. The summed E-state index contributed by atoms with van der Waals surface area (Å²) in [5.74, 6) is 0.513. The van der Waals surface area contributed by atoms with Crippen molar-refractivity contribution in [2.24, 2.45) is 17.1 Å². The Morgan fingerprint density at radius 3 is 2.82 bits per heavy atom. The zero-order valence-corrected chi connectivity index (χ0v) is 11.2. The van der Waals surface area contributed by atoms with Crippen LogP contribution >= 0.6 is 0 Å². The van der Waals surface area contributed by atoms with Crippen LogP contribution in [0.1, 0.15) is 39.0 Å². The average Bonchev–Trinajstić information content (AvgIpc) is 2.39. The first-order valence-corrected chi connectivity index (χ1v) is 6.94. The van der Waals surface area contributed by atoms with E-state index in [9.17, 15) is 0 Å². The number of hydrogen-bond donors (Lipinski definition) is 2. The predicted octanol–water partition coefficient (Wildman–Crippen LogP) is 2.61. The standard InChI is InChI=1S/C15H26N2/c1-15(11-7-6-10-13(15)17-2)14(16)12-8-4-3-5-9-12/h3-5,8,12-14,17H,6-7,9-11,16H2,1-2H3/t12-,13?,14?,15-/m0/s1. The Bertz CT molecular complexity index is 308. The van der Waals surface area contributed by atoms with Gasteiger partial charge in [0.05, 0.1) is 0 Å². The molecule has 3 N–H and O–H groups in total. The highest BCUT2D eigenvalue weighted by Crippen LogP contribution is 2.41. The third kappa shape index (κ3) is 2.48. The molecule has 17 heavy (non-hydrogen) atoms. The van der Waals surface area contributed by atoms with Crippen LogP contribution in [0.5, 0.6) is 0 Å². The van der Waals surface area contributed by atoms with E-state index in [4.69, 9.17) is 5.73 Å². The summed E-state index contributed by atoms with van der Waals surface area (Å²) in [5.41, 5.74) is 6.84. The van der Waals surface area contributed by atoms with Crippen molar-refractivity contribution >= 4 is 0 Å². The Hall–Kier alpha value is -0.600. The van der Waals surface area contributed by atoms with E-state index in [1.165, 1.54) is 25.7 Å². The van der Waals surface area contributed by atoms with Crippen molar-refractivity contribution in [3.05, 3.63) is 24.3 Å². The summed E-state index contributed by atoms with van der Waals surface area (Å²) in [4.78, 5) is 0. The summed E-state index contributed by atoms with van der Waals surface area (Å²) in [5, 5.41) is 3.49. The summed E-state index contributed by atoms with van der Waals surface area (Å²) in [6.07, 6.45) is 15.1. The van der Waals surface area contributed by atoms with Crippen LogP contribution in [0.2, 0.25) is 0 Å². The highest BCUT2D eigenvalue weighted by atomic mass is 14.9. The molecule has 2 unspecified atom stereocenters. The summed E-state index contributed by atoms with van der Waals surface area (Å²) in [6.45, 7) is 2.38. The lowest BCUT2D eigenvalue weighted by molar-refractivity contribution is 0.0965. The van der Waals surface area contributed by atoms with Crippen molar-refractivity contribution in [1.29, 1.82) is 0 Å². The molecule has 0 aromatic rings. The van der Waals surface area contributed by atoms with Crippen LogP contribution in [0.25, 0.3) is 0 Å². The van der Waals surface area contributed by atoms with Crippen LogP contribution < -0.4 is 11.1 Å². The fourth-order valence-corrected chi connectivity index (χ4v) is 3.59. The van der Waals surface area contributed by atoms with Crippen LogP contribution in [0.15, 0.2) is 24.3 Å². The second-order valence-electron chi connectivity index (χ2n) is 5.83. The Morgan fingerprint density at radius 2 is 2.18 bits per heavy atom. The number of allylic oxidation sites excluding steroid dienone is 3. The lowest BCUT2D eigenvalue weighted by Gasteiger charge is -2.47. The van der Waals surface area contributed by atoms with E-state index in [2.05, 4.69) is 43.6 Å². The van der Waals surface area contributed by atoms with Gasteiger partial charge in [0.25, 0.3) is 0 Å². The molecule has 0 saturated heterocycles. The van der Waals surface area contributed by atoms with Gasteiger partial charge in [-0.15, -0.1) is 0 Å². The van der Waals surface area contributed by atoms with Crippen molar-refractivity contribution in [2.45, 2.75) is 51.1 Å². The molecule has 0 heterocycles. The first-order valence-electron chi connectivity index (χ1n) is 6.94. The minimum Gasteiger partial charge on any atom is -0.327 e. The molecule has 0 spiro atoms. The molecule has 96 valence electrons. The normalized spacial score (nSPS) is 39.2. The summed E-state index contributed by atoms with van der Waals surface area (Å²) >= 11 is 0. The molecule has 4 atom stereocenters. The molecule has 2 aliphatic rings. The highest BCUT2D eigenvalue weighted by Gasteiger charge is 2.42. The Kier molecular flexibility index (Phi) is 4.05. The zero-order valence-electron chi connectivity index (χ0n) is 11.2. The van der Waals surface area contributed by atoms with Crippen molar-refractivity contribution in [3.63, 3.8) is 0 Å². The van der Waals surface area contributed by atoms with Crippen LogP contribution in [-0.4, -0.2) is 19.1 Å². The van der Waals surface area contributed by atoms with E-state index in [1.807, 2.05) is 0 Å². The average molecular weight is 234 g/mol. The van der Waals surface area contributed by atoms with Crippen molar-refractivity contribution in [3.8, 4) is 0 Å². The van der Waals surface area contributed by atoms with Gasteiger partial charge in [-0.1, -0.05) is 44.1 Å². The maximum atomic E-state index is 6.60. The molecule has 2 aliphatic carbocycles. The first kappa shape index (κ1) is 12.8. The van der Waals surface area contributed by atoms with Gasteiger partial charge >= 0.3 is 0 Å². The predicted molar refractivity (Wildman–Crippen MR) is 73.8 cm³/mol. The van der Waals surface area contributed by atoms with Gasteiger partial charge in [0.15, 0.2) is 0 Å². The minimum absolute atomic E-state index is 0.243. The first-order chi connectivity index (χ1) is 8.18. The third-order valence-electron chi connectivity index (χ3n) is 4.84. The van der Waals surface area contributed by atoms with Gasteiger partial charge in [0.2, 0.25) is 0 Å². The van der Waals surface area contributed by atoms with E-state index < -0.39 is 0 Å². The molecule has 0 aliphatic heterocycles. The largest absolute Gasteiger partial charge is 0.327 e. The molecular formula is C15H26N2. The van der Waals surface area contributed by atoms with E-state index >= 15 is 0 Å². The Morgan fingerprint density at radius 1 is 1.35 bits per heavy atom. The maximum Gasteiger partial charge on any atom is 0.0174 e. The fourth-order valence-electron chi connectivity index (χ4n) is 3.59. The topological polar surface area (TPSA) is 38.0 Å². The van der Waals surface area contributed by atoms with Crippen molar-refractivity contribution in [1.82, 2.24) is 5.32 Å². The molecule has 0 radical (unpaired) electrons. The highest BCUT2D eigenvalue weighted by molar-refractivity contribution is 5.15. The lowest BCUT2D eigenvalue weighted by atomic mass is 9.63. The van der Waals surface area contributed by atoms with E-state index in [0.29, 0.717) is 12.0 Å². The van der Waals surface area contributed by atoms with E-state index in [-0.39, 0.29) is 11.5 Å². The summed E-state index contributed by atoms with van der Waals surface area (Å²) < 4.78 is 0. The molecular weight excluding hydrogens is 208 g/mol. The quantitative estimate of drug-likeness (QED) is 0.788. The van der Waals surface area contributed by atoms with Gasteiger partial charge in [-0.2, -0.15) is 0 Å². The third-order valence-corrected chi connectivity index (χ3v) is 4.84. The number of nitrogens with two attached hydrogens (primary N) is 1. The van der Waals surface area contributed by atoms with E-state index in [1.54, 1.807) is 0 Å². The zero-order chi connectivity index (χ0) is 12.3.